The zero-order valence-corrected chi connectivity index (χ0v) is 28.6. The van der Waals surface area contributed by atoms with Crippen LogP contribution in [0.15, 0.2) is 67.1 Å². The molecule has 1 aliphatic heterocycles. The number of rotatable bonds is 12. The van der Waals surface area contributed by atoms with Crippen LogP contribution in [0, 0.1) is 5.82 Å². The largest absolute Gasteiger partial charge is 0.444 e. The second kappa shape index (κ2) is 15.0. The van der Waals surface area contributed by atoms with Crippen LogP contribution in [0.5, 0.6) is 0 Å². The number of hydrogen-bond donors (Lipinski definition) is 3. The van der Waals surface area contributed by atoms with Gasteiger partial charge in [0.15, 0.2) is 5.82 Å². The highest BCUT2D eigenvalue weighted by Crippen LogP contribution is 2.31. The number of ether oxygens (including phenoxy) is 1. The first-order chi connectivity index (χ1) is 22.6. The van der Waals surface area contributed by atoms with Crippen LogP contribution in [0.4, 0.5) is 15.0 Å². The number of carbonyl (C=O) groups is 4. The Hall–Kier alpha value is -4.74. The van der Waals surface area contributed by atoms with E-state index in [2.05, 4.69) is 20.9 Å². The molecule has 1 saturated heterocycles. The topological polar surface area (TPSA) is 135 Å². The molecule has 3 N–H and O–H groups in total. The van der Waals surface area contributed by atoms with Crippen molar-refractivity contribution in [2.75, 3.05) is 18.4 Å². The van der Waals surface area contributed by atoms with Gasteiger partial charge in [-0.1, -0.05) is 42.5 Å². The van der Waals surface area contributed by atoms with Gasteiger partial charge in [-0.15, -0.1) is 0 Å². The molecule has 2 heterocycles. The Morgan fingerprint density at radius 3 is 2.21 bits per heavy atom. The van der Waals surface area contributed by atoms with Gasteiger partial charge in [-0.25, -0.2) is 14.2 Å². The molecule has 0 saturated carbocycles. The summed E-state index contributed by atoms with van der Waals surface area (Å²) in [5.74, 6) is -1.48. The van der Waals surface area contributed by atoms with Crippen molar-refractivity contribution in [3.63, 3.8) is 0 Å². The molecule has 11 nitrogen and oxygen atoms in total. The van der Waals surface area contributed by atoms with Gasteiger partial charge in [0.1, 0.15) is 28.5 Å². The van der Waals surface area contributed by atoms with Gasteiger partial charge in [0.05, 0.1) is 6.33 Å². The predicted molar refractivity (Wildman–Crippen MR) is 181 cm³/mol. The van der Waals surface area contributed by atoms with E-state index in [9.17, 15) is 23.6 Å². The number of alkyl carbamates (subject to hydrolysis) is 1. The third-order valence-electron chi connectivity index (χ3n) is 8.37. The summed E-state index contributed by atoms with van der Waals surface area (Å²) < 4.78 is 20.8. The summed E-state index contributed by atoms with van der Waals surface area (Å²) in [6, 6.07) is 14.6. The van der Waals surface area contributed by atoms with E-state index in [0.717, 1.165) is 18.4 Å². The quantitative estimate of drug-likeness (QED) is 0.245. The molecule has 48 heavy (non-hydrogen) atoms. The first-order valence-electron chi connectivity index (χ1n) is 16.4. The SMILES string of the molecule is CC(C)(C)OC(=O)NC(C)(C)C(=O)NC(CCCc1ccccc1)C(=O)Nc1cn(C(C)(C(=O)N2CCCC2)c2ccc(F)cc2)cn1. The van der Waals surface area contributed by atoms with E-state index in [1.54, 1.807) is 55.5 Å². The smallest absolute Gasteiger partial charge is 0.408 e. The highest BCUT2D eigenvalue weighted by atomic mass is 19.1. The third kappa shape index (κ3) is 9.20. The second-order valence-electron chi connectivity index (χ2n) is 13.9. The maximum atomic E-state index is 13.9. The molecule has 0 radical (unpaired) electrons. The minimum Gasteiger partial charge on any atom is -0.444 e. The lowest BCUT2D eigenvalue weighted by Crippen LogP contribution is -2.58. The van der Waals surface area contributed by atoms with Crippen LogP contribution in [0.25, 0.3) is 0 Å². The Morgan fingerprint density at radius 2 is 1.58 bits per heavy atom. The van der Waals surface area contributed by atoms with Crippen molar-refractivity contribution in [1.82, 2.24) is 25.1 Å². The molecule has 258 valence electrons. The van der Waals surface area contributed by atoms with Crippen LogP contribution in [0.3, 0.4) is 0 Å². The van der Waals surface area contributed by atoms with Gasteiger partial charge < -0.3 is 30.2 Å². The number of nitrogens with one attached hydrogen (secondary N) is 3. The number of nitrogens with zero attached hydrogens (tertiary/aromatic N) is 3. The number of amides is 4. The van der Waals surface area contributed by atoms with Crippen LogP contribution in [-0.4, -0.2) is 68.5 Å². The van der Waals surface area contributed by atoms with Gasteiger partial charge in [-0.05, 0) is 96.9 Å². The lowest BCUT2D eigenvalue weighted by Gasteiger charge is -2.34. The molecular formula is C36H47FN6O5. The lowest BCUT2D eigenvalue weighted by molar-refractivity contribution is -0.137. The summed E-state index contributed by atoms with van der Waals surface area (Å²) >= 11 is 0. The van der Waals surface area contributed by atoms with Crippen molar-refractivity contribution in [2.24, 2.45) is 0 Å². The monoisotopic (exact) mass is 662 g/mol. The summed E-state index contributed by atoms with van der Waals surface area (Å²) in [5.41, 5.74) is -1.74. The molecule has 0 aliphatic carbocycles. The molecule has 3 aromatic rings. The zero-order chi connectivity index (χ0) is 35.1. The third-order valence-corrected chi connectivity index (χ3v) is 8.37. The maximum Gasteiger partial charge on any atom is 0.408 e. The molecule has 0 bridgehead atoms. The number of imidazole rings is 1. The van der Waals surface area contributed by atoms with Crippen LogP contribution in [0.2, 0.25) is 0 Å². The van der Waals surface area contributed by atoms with Crippen molar-refractivity contribution < 1.29 is 28.3 Å². The molecule has 1 fully saturated rings. The van der Waals surface area contributed by atoms with Gasteiger partial charge in [0, 0.05) is 19.3 Å². The minimum atomic E-state index is -1.39. The normalized spacial score (nSPS) is 15.3. The van der Waals surface area contributed by atoms with E-state index in [-0.39, 0.29) is 11.7 Å². The molecule has 1 aliphatic rings. The number of anilines is 1. The van der Waals surface area contributed by atoms with E-state index in [4.69, 9.17) is 4.74 Å². The van der Waals surface area contributed by atoms with Gasteiger partial charge >= 0.3 is 6.09 Å². The fraction of sp³-hybridized carbons (Fsp3) is 0.472. The van der Waals surface area contributed by atoms with Crippen LogP contribution in [0.1, 0.15) is 78.4 Å². The standard InChI is InChI=1S/C36H47FN6O5/c1-34(2,3)48-33(47)41-35(4,5)31(45)39-28(16-12-15-25-13-8-7-9-14-25)30(44)40-29-23-43(24-38-29)36(6,26-17-19-27(37)20-18-26)32(46)42-21-10-11-22-42/h7-9,13-14,17-20,23-24,28H,10-12,15-16,21-22H2,1-6H3,(H,39,45)(H,40,44)(H,41,47). The summed E-state index contributed by atoms with van der Waals surface area (Å²) in [5, 5.41) is 8.18. The number of aryl methyl sites for hydroxylation is 1. The zero-order valence-electron chi connectivity index (χ0n) is 28.6. The Balaban J connectivity index is 1.54. The number of aromatic nitrogens is 2. The maximum absolute atomic E-state index is 13.9. The van der Waals surface area contributed by atoms with Crippen molar-refractivity contribution in [3.05, 3.63) is 84.1 Å². The molecule has 2 atom stereocenters. The molecule has 12 heteroatoms. The van der Waals surface area contributed by atoms with Gasteiger partial charge in [-0.3, -0.25) is 14.4 Å². The molecular weight excluding hydrogens is 615 g/mol. The van der Waals surface area contributed by atoms with Crippen LogP contribution >= 0.6 is 0 Å². The second-order valence-corrected chi connectivity index (χ2v) is 13.9. The number of carbonyl (C=O) groups excluding carboxylic acids is 4. The van der Waals surface area contributed by atoms with E-state index >= 15 is 0 Å². The number of hydrogen-bond acceptors (Lipinski definition) is 6. The Bertz CT molecular complexity index is 1580. The van der Waals surface area contributed by atoms with Gasteiger partial charge in [-0.2, -0.15) is 0 Å². The summed E-state index contributed by atoms with van der Waals surface area (Å²) in [6.07, 6.45) is 5.64. The summed E-state index contributed by atoms with van der Waals surface area (Å²) in [4.78, 5) is 59.7. The number of halogens is 1. The van der Waals surface area contributed by atoms with Crippen LogP contribution < -0.4 is 16.0 Å². The van der Waals surface area contributed by atoms with E-state index in [0.29, 0.717) is 37.9 Å². The summed E-state index contributed by atoms with van der Waals surface area (Å²) in [7, 11) is 0. The Kier molecular flexibility index (Phi) is 11.3. The first kappa shape index (κ1) is 36.1. The Labute approximate surface area is 281 Å². The van der Waals surface area contributed by atoms with Gasteiger partial charge in [0.2, 0.25) is 11.8 Å². The molecule has 2 aromatic carbocycles. The molecule has 2 unspecified atom stereocenters. The van der Waals surface area contributed by atoms with Gasteiger partial charge in [0.25, 0.3) is 5.91 Å². The van der Waals surface area contributed by atoms with Crippen molar-refractivity contribution >= 4 is 29.6 Å². The molecule has 4 amide bonds. The fourth-order valence-electron chi connectivity index (χ4n) is 5.61. The van der Waals surface area contributed by atoms with Crippen molar-refractivity contribution in [3.8, 4) is 0 Å². The predicted octanol–water partition coefficient (Wildman–Crippen LogP) is 5.16. The minimum absolute atomic E-state index is 0.160. The molecule has 4 rings (SSSR count). The summed E-state index contributed by atoms with van der Waals surface area (Å²) in [6.45, 7) is 11.2. The Morgan fingerprint density at radius 1 is 0.938 bits per heavy atom. The molecule has 1 aromatic heterocycles. The average molecular weight is 663 g/mol. The van der Waals surface area contributed by atoms with Crippen LogP contribution in [-0.2, 0) is 31.1 Å². The van der Waals surface area contributed by atoms with E-state index < -0.39 is 46.4 Å². The number of benzene rings is 2. The average Bonchev–Trinajstić information content (AvgIpc) is 3.72. The lowest BCUT2D eigenvalue weighted by atomic mass is 9.90. The highest BCUT2D eigenvalue weighted by Gasteiger charge is 2.41. The van der Waals surface area contributed by atoms with Crippen molar-refractivity contribution in [2.45, 2.75) is 96.4 Å². The van der Waals surface area contributed by atoms with Crippen molar-refractivity contribution in [1.29, 1.82) is 0 Å². The van der Waals surface area contributed by atoms with E-state index in [1.165, 1.54) is 32.3 Å². The highest BCUT2D eigenvalue weighted by molar-refractivity contribution is 5.98. The van der Waals surface area contributed by atoms with E-state index in [1.807, 2.05) is 30.3 Å². The fourth-order valence-corrected chi connectivity index (χ4v) is 5.61. The first-order valence-corrected chi connectivity index (χ1v) is 16.4. The molecule has 0 spiro atoms. The number of likely N-dealkylation sites (tertiary alicyclic amines) is 1.